The Kier molecular flexibility index (Phi) is 67.0. The first-order valence-corrected chi connectivity index (χ1v) is 6.00. The Labute approximate surface area is 123 Å². The van der Waals surface area contributed by atoms with E-state index in [1.54, 1.807) is 24.3 Å². The van der Waals surface area contributed by atoms with Crippen molar-refractivity contribution in [2.75, 3.05) is 0 Å². The van der Waals surface area contributed by atoms with Crippen molar-refractivity contribution in [2.24, 2.45) is 0 Å². The third-order valence-corrected chi connectivity index (χ3v) is 0.553. The van der Waals surface area contributed by atoms with Gasteiger partial charge in [-0.05, 0) is 27.7 Å². The first-order valence-electron chi connectivity index (χ1n) is 6.00. The van der Waals surface area contributed by atoms with Crippen LogP contribution in [0.4, 0.5) is 0 Å². The molecule has 0 aliphatic carbocycles. The number of carboxylic acid groups (broad SMARTS) is 2. The van der Waals surface area contributed by atoms with Crippen molar-refractivity contribution in [1.29, 1.82) is 0 Å². The van der Waals surface area contributed by atoms with Crippen LogP contribution in [0.3, 0.4) is 0 Å². The molecule has 0 saturated carbocycles. The number of rotatable bonds is 3. The van der Waals surface area contributed by atoms with E-state index in [1.807, 2.05) is 27.7 Å². The van der Waals surface area contributed by atoms with Gasteiger partial charge in [-0.25, -0.2) is 0 Å². The second kappa shape index (κ2) is 43.6. The maximum Gasteiger partial charge on any atom is 0.303 e. The molecule has 0 fully saturated rings. The second-order valence-corrected chi connectivity index (χ2v) is 2.92. The van der Waals surface area contributed by atoms with Gasteiger partial charge in [0.15, 0.2) is 0 Å². The summed E-state index contributed by atoms with van der Waals surface area (Å²) in [7, 11) is 0. The molecular weight excluding hydrogens is 256 g/mol. The number of hydrogen-bond donors (Lipinski definition) is 2. The van der Waals surface area contributed by atoms with Gasteiger partial charge in [0.25, 0.3) is 0 Å². The molecule has 118 valence electrons. The lowest BCUT2D eigenvalue weighted by atomic mass is 10.3. The number of hydrogen-bond acceptors (Lipinski definition) is 2. The maximum absolute atomic E-state index is 9.64. The summed E-state index contributed by atoms with van der Waals surface area (Å²) in [5.74, 6) is -2.15. The molecule has 0 aliphatic rings. The Morgan fingerprint density at radius 3 is 0.850 bits per heavy atom. The summed E-state index contributed by atoms with van der Waals surface area (Å²) < 4.78 is 0. The molecule has 0 spiro atoms. The smallest absolute Gasteiger partial charge is 0.303 e. The van der Waals surface area contributed by atoms with E-state index in [0.29, 0.717) is 0 Å². The molecule has 0 atom stereocenters. The average molecular weight is 286 g/mol. The molecule has 0 unspecified atom stereocenters. The summed E-state index contributed by atoms with van der Waals surface area (Å²) in [6, 6.07) is 0. The van der Waals surface area contributed by atoms with Gasteiger partial charge in [0.2, 0.25) is 0 Å². The topological polar surface area (TPSA) is 74.6 Å². The van der Waals surface area contributed by atoms with Gasteiger partial charge in [0.1, 0.15) is 0 Å². The number of carbonyl (C=O) groups is 2. The summed E-state index contributed by atoms with van der Waals surface area (Å²) in [5, 5.41) is 15.8. The predicted octanol–water partition coefficient (Wildman–Crippen LogP) is 4.71. The van der Waals surface area contributed by atoms with E-state index < -0.39 is 11.9 Å². The molecule has 0 saturated heterocycles. The van der Waals surface area contributed by atoms with Gasteiger partial charge >= 0.3 is 11.9 Å². The standard InChI is InChI=1S/C4H6O4.4C3H6/c5-3(6)1-2-4(7)8;4*1-3-2/h1-2H2,(H,5,6)(H,7,8);4*3H,1H2,2H3. The predicted molar refractivity (Wildman–Crippen MR) is 88.0 cm³/mol. The van der Waals surface area contributed by atoms with Gasteiger partial charge in [-0.3, -0.25) is 9.59 Å². The number of carboxylic acids is 2. The van der Waals surface area contributed by atoms with Crippen molar-refractivity contribution in [3.63, 3.8) is 0 Å². The van der Waals surface area contributed by atoms with E-state index in [0.717, 1.165) is 0 Å². The molecule has 4 heteroatoms. The van der Waals surface area contributed by atoms with Crippen LogP contribution in [0.25, 0.3) is 0 Å². The molecule has 0 aromatic rings. The minimum absolute atomic E-state index is 0.296. The van der Waals surface area contributed by atoms with Crippen molar-refractivity contribution in [2.45, 2.75) is 40.5 Å². The van der Waals surface area contributed by atoms with Gasteiger partial charge in [-0.2, -0.15) is 0 Å². The zero-order valence-corrected chi connectivity index (χ0v) is 13.3. The van der Waals surface area contributed by atoms with Gasteiger partial charge < -0.3 is 10.2 Å². The molecule has 0 radical (unpaired) electrons. The minimum atomic E-state index is -1.08. The third-order valence-electron chi connectivity index (χ3n) is 0.553. The van der Waals surface area contributed by atoms with Crippen molar-refractivity contribution in [3.05, 3.63) is 50.6 Å². The Bertz CT molecular complexity index is 205. The van der Waals surface area contributed by atoms with Crippen molar-refractivity contribution < 1.29 is 19.8 Å². The van der Waals surface area contributed by atoms with Crippen LogP contribution in [0.1, 0.15) is 40.5 Å². The SMILES string of the molecule is C=CC.C=CC.C=CC.C=CC.O=C(O)CCC(=O)O. The summed E-state index contributed by atoms with van der Waals surface area (Å²) in [6.45, 7) is 21.0. The number of aliphatic carboxylic acids is 2. The summed E-state index contributed by atoms with van der Waals surface area (Å²) >= 11 is 0. The van der Waals surface area contributed by atoms with Crippen LogP contribution in [-0.2, 0) is 9.59 Å². The fourth-order valence-corrected chi connectivity index (χ4v) is 0.214. The molecular formula is C16H30O4. The van der Waals surface area contributed by atoms with Gasteiger partial charge in [0.05, 0.1) is 12.8 Å². The molecule has 0 heterocycles. The van der Waals surface area contributed by atoms with Crippen LogP contribution in [0, 0.1) is 0 Å². The lowest BCUT2D eigenvalue weighted by Crippen LogP contribution is -2.00. The lowest BCUT2D eigenvalue weighted by Gasteiger charge is -1.85. The summed E-state index contributed by atoms with van der Waals surface area (Å²) in [4.78, 5) is 19.3. The van der Waals surface area contributed by atoms with Crippen LogP contribution in [0.5, 0.6) is 0 Å². The highest BCUT2D eigenvalue weighted by atomic mass is 16.4. The zero-order chi connectivity index (χ0) is 17.4. The third kappa shape index (κ3) is 420. The molecule has 0 aromatic heterocycles. The minimum Gasteiger partial charge on any atom is -0.481 e. The Morgan fingerprint density at radius 2 is 0.800 bits per heavy atom. The molecule has 0 bridgehead atoms. The molecule has 0 aliphatic heterocycles. The highest BCUT2D eigenvalue weighted by Crippen LogP contribution is 1.86. The molecule has 20 heavy (non-hydrogen) atoms. The van der Waals surface area contributed by atoms with E-state index in [4.69, 9.17) is 10.2 Å². The van der Waals surface area contributed by atoms with Gasteiger partial charge in [0, 0.05) is 0 Å². The zero-order valence-electron chi connectivity index (χ0n) is 13.3. The van der Waals surface area contributed by atoms with Gasteiger partial charge in [-0.15, -0.1) is 26.3 Å². The first-order chi connectivity index (χ1) is 9.28. The monoisotopic (exact) mass is 286 g/mol. The van der Waals surface area contributed by atoms with E-state index in [1.165, 1.54) is 0 Å². The maximum atomic E-state index is 9.64. The highest BCUT2D eigenvalue weighted by molar-refractivity contribution is 5.75. The fraction of sp³-hybridized carbons (Fsp3) is 0.375. The highest BCUT2D eigenvalue weighted by Gasteiger charge is 2.00. The largest absolute Gasteiger partial charge is 0.481 e. The molecule has 2 N–H and O–H groups in total. The average Bonchev–Trinajstić information content (AvgIpc) is 2.30. The van der Waals surface area contributed by atoms with Crippen molar-refractivity contribution in [3.8, 4) is 0 Å². The summed E-state index contributed by atoms with van der Waals surface area (Å²) in [6.07, 6.45) is 6.41. The normalized spacial score (nSPS) is 6.00. The molecule has 0 aromatic carbocycles. The van der Waals surface area contributed by atoms with Crippen molar-refractivity contribution >= 4 is 11.9 Å². The van der Waals surface area contributed by atoms with Crippen LogP contribution < -0.4 is 0 Å². The van der Waals surface area contributed by atoms with E-state index >= 15 is 0 Å². The Morgan fingerprint density at radius 1 is 0.700 bits per heavy atom. The van der Waals surface area contributed by atoms with E-state index in [9.17, 15) is 9.59 Å². The van der Waals surface area contributed by atoms with E-state index in [2.05, 4.69) is 26.3 Å². The fourth-order valence-electron chi connectivity index (χ4n) is 0.214. The quantitative estimate of drug-likeness (QED) is 0.737. The second-order valence-electron chi connectivity index (χ2n) is 2.92. The lowest BCUT2D eigenvalue weighted by molar-refractivity contribution is -0.143. The van der Waals surface area contributed by atoms with Crippen molar-refractivity contribution in [1.82, 2.24) is 0 Å². The van der Waals surface area contributed by atoms with Crippen LogP contribution in [0.15, 0.2) is 50.6 Å². The summed E-state index contributed by atoms with van der Waals surface area (Å²) in [5.41, 5.74) is 0. The number of allylic oxidation sites excluding steroid dienone is 4. The van der Waals surface area contributed by atoms with Crippen LogP contribution >= 0.6 is 0 Å². The van der Waals surface area contributed by atoms with Crippen LogP contribution in [-0.4, -0.2) is 22.2 Å². The Hall–Kier alpha value is -2.10. The van der Waals surface area contributed by atoms with Crippen LogP contribution in [0.2, 0.25) is 0 Å². The Balaban J connectivity index is -0.0000000527. The molecule has 4 nitrogen and oxygen atoms in total. The van der Waals surface area contributed by atoms with Gasteiger partial charge in [-0.1, -0.05) is 24.3 Å². The molecule has 0 amide bonds. The first kappa shape index (κ1) is 30.7. The van der Waals surface area contributed by atoms with E-state index in [-0.39, 0.29) is 12.8 Å². The molecule has 0 rings (SSSR count).